The molecule has 6 heteroatoms. The molecule has 0 saturated carbocycles. The number of benzene rings is 1. The average molecular weight is 377 g/mol. The van der Waals surface area contributed by atoms with E-state index in [1.165, 1.54) is 0 Å². The molecule has 0 bridgehead atoms. The number of rotatable bonds is 8. The molecule has 0 amide bonds. The van der Waals surface area contributed by atoms with E-state index in [1.807, 2.05) is 26.8 Å². The van der Waals surface area contributed by atoms with E-state index >= 15 is 0 Å². The van der Waals surface area contributed by atoms with Gasteiger partial charge in [-0.05, 0) is 66.9 Å². The Bertz CT molecular complexity index is 571. The topological polar surface area (TPSA) is 58.2 Å². The summed E-state index contributed by atoms with van der Waals surface area (Å²) < 4.78 is 28.4. The highest BCUT2D eigenvalue weighted by atomic mass is 79.9. The van der Waals surface area contributed by atoms with Gasteiger partial charge in [0.05, 0.1) is 4.90 Å². The van der Waals surface area contributed by atoms with Crippen molar-refractivity contribution in [3.05, 3.63) is 28.2 Å². The highest BCUT2D eigenvalue weighted by molar-refractivity contribution is 9.10. The summed E-state index contributed by atoms with van der Waals surface area (Å²) in [5, 5.41) is 3.28. The van der Waals surface area contributed by atoms with E-state index in [4.69, 9.17) is 0 Å². The molecule has 0 saturated heterocycles. The molecule has 1 rings (SSSR count). The van der Waals surface area contributed by atoms with Gasteiger partial charge in [-0.3, -0.25) is 0 Å². The fraction of sp³-hybridized carbons (Fsp3) is 0.600. The van der Waals surface area contributed by atoms with Crippen LogP contribution in [0.2, 0.25) is 0 Å². The first-order chi connectivity index (χ1) is 9.72. The maximum atomic E-state index is 12.5. The lowest BCUT2D eigenvalue weighted by atomic mass is 10.0. The van der Waals surface area contributed by atoms with Crippen LogP contribution in [0.15, 0.2) is 27.6 Å². The lowest BCUT2D eigenvalue weighted by Crippen LogP contribution is -2.42. The van der Waals surface area contributed by atoms with Crippen LogP contribution in [0.4, 0.5) is 0 Å². The number of nitrogens with one attached hydrogen (secondary N) is 2. The zero-order valence-electron chi connectivity index (χ0n) is 13.2. The van der Waals surface area contributed by atoms with Gasteiger partial charge in [0.2, 0.25) is 10.0 Å². The Morgan fingerprint density at radius 1 is 1.24 bits per heavy atom. The SMILES string of the molecule is CCCNCc1ccc(Br)c(S(=O)(=O)NC(C)(C)CC)c1. The van der Waals surface area contributed by atoms with E-state index in [2.05, 4.69) is 32.9 Å². The summed E-state index contributed by atoms with van der Waals surface area (Å²) in [6.45, 7) is 9.40. The van der Waals surface area contributed by atoms with E-state index in [0.29, 0.717) is 15.9 Å². The van der Waals surface area contributed by atoms with Crippen LogP contribution in [0, 0.1) is 0 Å². The molecule has 0 aliphatic rings. The monoisotopic (exact) mass is 376 g/mol. The lowest BCUT2D eigenvalue weighted by Gasteiger charge is -2.24. The maximum Gasteiger partial charge on any atom is 0.242 e. The Hall–Kier alpha value is -0.430. The molecule has 120 valence electrons. The van der Waals surface area contributed by atoms with Crippen LogP contribution in [0.25, 0.3) is 0 Å². The maximum absolute atomic E-state index is 12.5. The molecular formula is C15H25BrN2O2S. The standard InChI is InChI=1S/C15H25BrN2O2S/c1-5-9-17-11-12-7-8-13(16)14(10-12)21(19,20)18-15(3,4)6-2/h7-8,10,17-18H,5-6,9,11H2,1-4H3. The summed E-state index contributed by atoms with van der Waals surface area (Å²) in [4.78, 5) is 0.292. The molecule has 0 aromatic heterocycles. The molecule has 0 fully saturated rings. The second-order valence-electron chi connectivity index (χ2n) is 5.78. The zero-order chi connectivity index (χ0) is 16.1. The van der Waals surface area contributed by atoms with Crippen molar-refractivity contribution in [3.8, 4) is 0 Å². The molecule has 4 nitrogen and oxygen atoms in total. The second-order valence-corrected chi connectivity index (χ2v) is 8.29. The fourth-order valence-electron chi connectivity index (χ4n) is 1.76. The van der Waals surface area contributed by atoms with E-state index in [1.54, 1.807) is 12.1 Å². The Morgan fingerprint density at radius 2 is 1.90 bits per heavy atom. The van der Waals surface area contributed by atoms with Gasteiger partial charge in [0.1, 0.15) is 0 Å². The predicted molar refractivity (Wildman–Crippen MR) is 90.8 cm³/mol. The minimum atomic E-state index is -3.54. The van der Waals surface area contributed by atoms with Crippen LogP contribution in [0.5, 0.6) is 0 Å². The molecule has 0 heterocycles. The van der Waals surface area contributed by atoms with Crippen LogP contribution < -0.4 is 10.0 Å². The highest BCUT2D eigenvalue weighted by Gasteiger charge is 2.26. The van der Waals surface area contributed by atoms with Crippen molar-refractivity contribution in [2.45, 2.75) is 57.5 Å². The molecule has 0 spiro atoms. The van der Waals surface area contributed by atoms with Crippen molar-refractivity contribution >= 4 is 26.0 Å². The molecule has 21 heavy (non-hydrogen) atoms. The van der Waals surface area contributed by atoms with Crippen LogP contribution >= 0.6 is 15.9 Å². The second kappa shape index (κ2) is 7.72. The van der Waals surface area contributed by atoms with Crippen LogP contribution in [0.1, 0.15) is 46.1 Å². The lowest BCUT2D eigenvalue weighted by molar-refractivity contribution is 0.439. The molecule has 0 aliphatic carbocycles. The van der Waals surface area contributed by atoms with Crippen molar-refractivity contribution in [3.63, 3.8) is 0 Å². The average Bonchev–Trinajstić information content (AvgIpc) is 2.39. The molecule has 0 atom stereocenters. The summed E-state index contributed by atoms with van der Waals surface area (Å²) in [6.07, 6.45) is 1.77. The largest absolute Gasteiger partial charge is 0.313 e. The number of hydrogen-bond donors (Lipinski definition) is 2. The molecule has 0 unspecified atom stereocenters. The first kappa shape index (κ1) is 18.6. The fourth-order valence-corrected chi connectivity index (χ4v) is 4.26. The van der Waals surface area contributed by atoms with Crippen molar-refractivity contribution < 1.29 is 8.42 Å². The molecule has 0 radical (unpaired) electrons. The van der Waals surface area contributed by atoms with Crippen LogP contribution in [-0.2, 0) is 16.6 Å². The summed E-state index contributed by atoms with van der Waals surface area (Å²) >= 11 is 3.34. The number of hydrogen-bond acceptors (Lipinski definition) is 3. The summed E-state index contributed by atoms with van der Waals surface area (Å²) in [5.74, 6) is 0. The van der Waals surface area contributed by atoms with Gasteiger partial charge < -0.3 is 5.32 Å². The molecule has 1 aromatic rings. The van der Waals surface area contributed by atoms with Crippen LogP contribution in [0.3, 0.4) is 0 Å². The Balaban J connectivity index is 3.02. The Morgan fingerprint density at radius 3 is 2.48 bits per heavy atom. The minimum Gasteiger partial charge on any atom is -0.313 e. The molecular weight excluding hydrogens is 352 g/mol. The Kier molecular flexibility index (Phi) is 6.84. The third-order valence-electron chi connectivity index (χ3n) is 3.34. The van der Waals surface area contributed by atoms with Crippen molar-refractivity contribution in [2.24, 2.45) is 0 Å². The normalized spacial score (nSPS) is 12.6. The quantitative estimate of drug-likeness (QED) is 0.683. The van der Waals surface area contributed by atoms with E-state index in [9.17, 15) is 8.42 Å². The summed E-state index contributed by atoms with van der Waals surface area (Å²) in [6, 6.07) is 5.44. The van der Waals surface area contributed by atoms with Gasteiger partial charge in [0, 0.05) is 16.6 Å². The third kappa shape index (κ3) is 5.70. The predicted octanol–water partition coefficient (Wildman–Crippen LogP) is 3.42. The van der Waals surface area contributed by atoms with Gasteiger partial charge in [-0.25, -0.2) is 13.1 Å². The van der Waals surface area contributed by atoms with E-state index in [0.717, 1.165) is 24.9 Å². The summed E-state index contributed by atoms with van der Waals surface area (Å²) in [7, 11) is -3.54. The number of sulfonamides is 1. The van der Waals surface area contributed by atoms with Gasteiger partial charge in [-0.2, -0.15) is 0 Å². The van der Waals surface area contributed by atoms with Gasteiger partial charge in [0.15, 0.2) is 0 Å². The molecule has 0 aliphatic heterocycles. The van der Waals surface area contributed by atoms with Gasteiger partial charge in [-0.15, -0.1) is 0 Å². The van der Waals surface area contributed by atoms with Gasteiger partial charge >= 0.3 is 0 Å². The first-order valence-corrected chi connectivity index (χ1v) is 9.52. The van der Waals surface area contributed by atoms with Crippen LogP contribution in [-0.4, -0.2) is 20.5 Å². The first-order valence-electron chi connectivity index (χ1n) is 7.25. The summed E-state index contributed by atoms with van der Waals surface area (Å²) in [5.41, 5.74) is 0.496. The zero-order valence-corrected chi connectivity index (χ0v) is 15.6. The van der Waals surface area contributed by atoms with Crippen molar-refractivity contribution in [1.29, 1.82) is 0 Å². The van der Waals surface area contributed by atoms with E-state index < -0.39 is 15.6 Å². The Labute approximate surface area is 136 Å². The highest BCUT2D eigenvalue weighted by Crippen LogP contribution is 2.25. The minimum absolute atomic E-state index is 0.292. The number of halogens is 1. The third-order valence-corrected chi connectivity index (χ3v) is 6.03. The molecule has 2 N–H and O–H groups in total. The smallest absolute Gasteiger partial charge is 0.242 e. The van der Waals surface area contributed by atoms with Gasteiger partial charge in [-0.1, -0.05) is 19.9 Å². The van der Waals surface area contributed by atoms with Gasteiger partial charge in [0.25, 0.3) is 0 Å². The van der Waals surface area contributed by atoms with E-state index in [-0.39, 0.29) is 0 Å². The molecule has 1 aromatic carbocycles. The van der Waals surface area contributed by atoms with Crippen molar-refractivity contribution in [2.75, 3.05) is 6.54 Å². The van der Waals surface area contributed by atoms with Crippen molar-refractivity contribution in [1.82, 2.24) is 10.0 Å².